The van der Waals surface area contributed by atoms with Crippen molar-refractivity contribution >= 4 is 69.1 Å². The first-order valence-corrected chi connectivity index (χ1v) is 27.0. The van der Waals surface area contributed by atoms with Crippen LogP contribution in [0.4, 0.5) is 0 Å². The lowest BCUT2D eigenvalue weighted by Gasteiger charge is -2.13. The predicted molar refractivity (Wildman–Crippen MR) is 287 cm³/mol. The van der Waals surface area contributed by atoms with Crippen LogP contribution in [0.3, 0.4) is 0 Å². The lowest BCUT2D eigenvalue weighted by atomic mass is 9.99. The molecule has 6 heterocycles. The number of benzene rings is 2. The first-order valence-electron chi connectivity index (χ1n) is 24.6. The second kappa shape index (κ2) is 26.5. The second-order valence-corrected chi connectivity index (χ2v) is 20.9. The molecule has 2 amide bonds. The summed E-state index contributed by atoms with van der Waals surface area (Å²) in [6.45, 7) is 17.7. The van der Waals surface area contributed by atoms with Crippen LogP contribution in [-0.2, 0) is 38.0 Å². The summed E-state index contributed by atoms with van der Waals surface area (Å²) in [5.41, 5.74) is 7.75. The fourth-order valence-corrected chi connectivity index (χ4v) is 11.2. The van der Waals surface area contributed by atoms with Crippen molar-refractivity contribution in [3.8, 4) is 10.0 Å². The number of aliphatic imine (C=N–C) groups is 2. The van der Waals surface area contributed by atoms with Crippen LogP contribution in [0, 0.1) is 41.5 Å². The number of fused-ring (bicyclic) bond motifs is 6. The molecule has 0 bridgehead atoms. The fourth-order valence-electron chi connectivity index (χ4n) is 8.49. The van der Waals surface area contributed by atoms with Crippen molar-refractivity contribution in [2.24, 2.45) is 9.98 Å². The van der Waals surface area contributed by atoms with Gasteiger partial charge < -0.3 is 39.1 Å². The van der Waals surface area contributed by atoms with Gasteiger partial charge in [0.2, 0.25) is 11.8 Å². The van der Waals surface area contributed by atoms with Gasteiger partial charge in [0, 0.05) is 55.1 Å². The smallest absolute Gasteiger partial charge is 0.222 e. The number of rotatable bonds is 27. The van der Waals surface area contributed by atoms with E-state index in [0.717, 1.165) is 66.5 Å². The minimum Gasteiger partial charge on any atom is -0.377 e. The summed E-state index contributed by atoms with van der Waals surface area (Å²) >= 11 is 15.8. The largest absolute Gasteiger partial charge is 0.377 e. The number of aromatic nitrogens is 6. The van der Waals surface area contributed by atoms with Crippen LogP contribution in [-0.4, -0.2) is 145 Å². The molecule has 4 aromatic heterocycles. The van der Waals surface area contributed by atoms with E-state index in [1.165, 1.54) is 9.75 Å². The highest BCUT2D eigenvalue weighted by Crippen LogP contribution is 2.41. The topological polar surface area (TPSA) is 200 Å². The maximum Gasteiger partial charge on any atom is 0.222 e. The van der Waals surface area contributed by atoms with Gasteiger partial charge in [0.15, 0.2) is 11.6 Å². The van der Waals surface area contributed by atoms with Gasteiger partial charge >= 0.3 is 0 Å². The van der Waals surface area contributed by atoms with Crippen molar-refractivity contribution in [1.29, 1.82) is 0 Å². The molecule has 2 aliphatic rings. The van der Waals surface area contributed by atoms with Crippen molar-refractivity contribution in [3.63, 3.8) is 0 Å². The van der Waals surface area contributed by atoms with Crippen molar-refractivity contribution in [3.05, 3.63) is 125 Å². The van der Waals surface area contributed by atoms with Crippen molar-refractivity contribution in [2.45, 2.75) is 66.5 Å². The Morgan fingerprint density at radius 1 is 0.500 bits per heavy atom. The Bertz CT molecular complexity index is 2740. The molecule has 74 heavy (non-hydrogen) atoms. The third-order valence-electron chi connectivity index (χ3n) is 12.5. The van der Waals surface area contributed by atoms with E-state index in [2.05, 4.69) is 58.7 Å². The molecule has 394 valence electrons. The van der Waals surface area contributed by atoms with E-state index in [4.69, 9.17) is 61.6 Å². The van der Waals surface area contributed by atoms with Crippen LogP contribution in [0.2, 0.25) is 10.0 Å². The van der Waals surface area contributed by atoms with Crippen LogP contribution < -0.4 is 10.6 Å². The lowest BCUT2D eigenvalue weighted by Crippen LogP contribution is -2.29. The van der Waals surface area contributed by atoms with Crippen molar-refractivity contribution < 1.29 is 38.0 Å². The molecule has 0 unspecified atom stereocenters. The summed E-state index contributed by atoms with van der Waals surface area (Å²) in [6, 6.07) is 14.1. The van der Waals surface area contributed by atoms with Crippen LogP contribution in [0.1, 0.15) is 91.4 Å². The molecule has 0 radical (unpaired) electrons. The van der Waals surface area contributed by atoms with Crippen LogP contribution in [0.25, 0.3) is 10.0 Å². The Hall–Kier alpha value is -5.26. The van der Waals surface area contributed by atoms with E-state index in [9.17, 15) is 9.59 Å². The summed E-state index contributed by atoms with van der Waals surface area (Å²) in [5.74, 6) is 2.41. The van der Waals surface area contributed by atoms with Gasteiger partial charge in [-0.15, -0.1) is 43.1 Å². The molecule has 0 aliphatic carbocycles. The molecule has 0 spiro atoms. The SMILES string of the molecule is Cc1sc2c(c1C)C(c1ccc(Cl)cc1)=N[C@@H](CC(=O)NCCOCCOCCOCCOCCOCCOCCNC(=O)C[C@@H]1N=C(c3ccc(Cl)cc3)c3c(sc(C)c3C)-n3c(C)nnc31)c1nnc(C)n1-2. The van der Waals surface area contributed by atoms with E-state index in [-0.39, 0.29) is 24.7 Å². The molecule has 0 fully saturated rings. The predicted octanol–water partition coefficient (Wildman–Crippen LogP) is 7.72. The van der Waals surface area contributed by atoms with E-state index < -0.39 is 12.1 Å². The number of amides is 2. The summed E-state index contributed by atoms with van der Waals surface area (Å²) in [5, 5.41) is 26.9. The van der Waals surface area contributed by atoms with Crippen molar-refractivity contribution in [1.82, 2.24) is 40.2 Å². The Morgan fingerprint density at radius 3 is 1.16 bits per heavy atom. The lowest BCUT2D eigenvalue weighted by molar-refractivity contribution is -0.122. The second-order valence-electron chi connectivity index (χ2n) is 17.6. The van der Waals surface area contributed by atoms with Crippen LogP contribution >= 0.6 is 45.9 Å². The van der Waals surface area contributed by atoms with Crippen LogP contribution in [0.15, 0.2) is 58.5 Å². The fraction of sp³-hybridized carbons (Fsp3) is 0.462. The zero-order valence-corrected chi connectivity index (χ0v) is 45.6. The number of ether oxygens (including phenoxy) is 6. The molecule has 2 N–H and O–H groups in total. The molecule has 18 nitrogen and oxygen atoms in total. The third kappa shape index (κ3) is 13.6. The molecule has 2 aromatic carbocycles. The summed E-state index contributed by atoms with van der Waals surface area (Å²) < 4.78 is 37.9. The number of hydrogen-bond acceptors (Lipinski definition) is 16. The number of carbonyl (C=O) groups is 2. The zero-order chi connectivity index (χ0) is 52.1. The number of aryl methyl sites for hydroxylation is 4. The van der Waals surface area contributed by atoms with Gasteiger partial charge in [0.1, 0.15) is 33.7 Å². The maximum absolute atomic E-state index is 13.2. The number of halogens is 2. The average molecular weight is 1090 g/mol. The van der Waals surface area contributed by atoms with Gasteiger partial charge in [-0.3, -0.25) is 28.7 Å². The number of thiophene rings is 2. The highest BCUT2D eigenvalue weighted by molar-refractivity contribution is 7.15. The first kappa shape index (κ1) is 55.0. The monoisotopic (exact) mass is 1090 g/mol. The number of nitrogens with zero attached hydrogens (tertiary/aromatic N) is 8. The van der Waals surface area contributed by atoms with Gasteiger partial charge in [0.05, 0.1) is 104 Å². The standard InChI is InChI=1S/C52H62Cl2N10O8S2/c1-31-33(3)73-51-45(31)47(37-7-11-39(53)12-8-37)57-41(49-61-59-35(5)63(49)51)29-43(65)55-15-17-67-19-21-69-23-25-71-27-28-72-26-24-70-22-20-68-18-16-56-44(66)30-42-50-62-60-36(6)64(50)52-46(32(2)34(4)74-52)48(58-42)38-9-13-40(54)14-10-38/h7-14,41-42H,15-30H2,1-6H3,(H,55,65)(H,56,66)/t41-,42-/m0/s1. The summed E-state index contributed by atoms with van der Waals surface area (Å²) in [4.78, 5) is 39.1. The van der Waals surface area contributed by atoms with E-state index in [1.807, 2.05) is 71.5 Å². The Balaban J connectivity index is 0.627. The average Bonchev–Trinajstić information content (AvgIpc) is 4.09. The minimum absolute atomic E-state index is 0.101. The minimum atomic E-state index is -0.545. The van der Waals surface area contributed by atoms with Gasteiger partial charge in [-0.25, -0.2) is 0 Å². The molecule has 2 atom stereocenters. The quantitative estimate of drug-likeness (QED) is 0.0477. The number of nitrogens with one attached hydrogen (secondary N) is 2. The Morgan fingerprint density at radius 2 is 0.824 bits per heavy atom. The highest BCUT2D eigenvalue weighted by atomic mass is 35.5. The van der Waals surface area contributed by atoms with Crippen LogP contribution in [0.5, 0.6) is 0 Å². The molecule has 0 saturated heterocycles. The first-order chi connectivity index (χ1) is 35.9. The molecule has 2 aliphatic heterocycles. The maximum atomic E-state index is 13.2. The van der Waals surface area contributed by atoms with Gasteiger partial charge in [-0.2, -0.15) is 0 Å². The normalized spacial score (nSPS) is 14.9. The summed E-state index contributed by atoms with van der Waals surface area (Å²) in [6.07, 6.45) is 0.202. The molecule has 6 aromatic rings. The number of carbonyl (C=O) groups excluding carboxylic acids is 2. The Labute approximate surface area is 448 Å². The Kier molecular flexibility index (Phi) is 19.7. The molecule has 8 rings (SSSR count). The van der Waals surface area contributed by atoms with Gasteiger partial charge in [0.25, 0.3) is 0 Å². The summed E-state index contributed by atoms with van der Waals surface area (Å²) in [7, 11) is 0. The molecule has 22 heteroatoms. The van der Waals surface area contributed by atoms with Gasteiger partial charge in [-0.05, 0) is 76.9 Å². The zero-order valence-electron chi connectivity index (χ0n) is 42.5. The molecular weight excluding hydrogens is 1030 g/mol. The molecule has 0 saturated carbocycles. The molecular formula is C52H62Cl2N10O8S2. The van der Waals surface area contributed by atoms with Crippen molar-refractivity contribution in [2.75, 3.05) is 92.4 Å². The third-order valence-corrected chi connectivity index (χ3v) is 15.4. The highest BCUT2D eigenvalue weighted by Gasteiger charge is 2.34. The number of hydrogen-bond donors (Lipinski definition) is 2. The van der Waals surface area contributed by atoms with E-state index in [1.54, 1.807) is 22.7 Å². The van der Waals surface area contributed by atoms with E-state index >= 15 is 0 Å². The van der Waals surface area contributed by atoms with E-state index in [0.29, 0.717) is 114 Å². The van der Waals surface area contributed by atoms with Gasteiger partial charge in [-0.1, -0.05) is 47.5 Å².